The van der Waals surface area contributed by atoms with Crippen LogP contribution in [0.15, 0.2) is 42.5 Å². The van der Waals surface area contributed by atoms with Gasteiger partial charge in [0.1, 0.15) is 11.5 Å². The van der Waals surface area contributed by atoms with Gasteiger partial charge in [0.05, 0.1) is 17.7 Å². The number of alkyl halides is 3. The van der Waals surface area contributed by atoms with Crippen molar-refractivity contribution < 1.29 is 23.0 Å². The second-order valence-corrected chi connectivity index (χ2v) is 4.48. The normalized spacial score (nSPS) is 12.0. The van der Waals surface area contributed by atoms with E-state index >= 15 is 0 Å². The summed E-state index contributed by atoms with van der Waals surface area (Å²) in [5, 5.41) is 18.7. The molecule has 0 aliphatic rings. The lowest BCUT2D eigenvalue weighted by Crippen LogP contribution is -2.17. The van der Waals surface area contributed by atoms with Crippen LogP contribution in [0.4, 0.5) is 13.2 Å². The van der Waals surface area contributed by atoms with E-state index in [0.29, 0.717) is 16.7 Å². The molecule has 0 saturated carbocycles. The van der Waals surface area contributed by atoms with Crippen molar-refractivity contribution in [3.8, 4) is 17.6 Å². The molecule has 122 valence electrons. The number of hydrogen-bond donors (Lipinski definition) is 2. The van der Waals surface area contributed by atoms with Gasteiger partial charge in [-0.05, 0) is 35.9 Å². The standard InChI is InChI=1S/C15H11F3N2O2.ClH/c16-15(17,18)22-11-4-2-10(3-5-11)14(20)12-7-9(8-19)1-6-13(12)21;/h1-7,14,21H,20H2;1H/t14-;/m0./s1. The van der Waals surface area contributed by atoms with Gasteiger partial charge in [-0.15, -0.1) is 25.6 Å². The Morgan fingerprint density at radius 1 is 1.13 bits per heavy atom. The van der Waals surface area contributed by atoms with E-state index in [-0.39, 0.29) is 23.9 Å². The average molecular weight is 345 g/mol. The summed E-state index contributed by atoms with van der Waals surface area (Å²) in [6.45, 7) is 0. The summed E-state index contributed by atoms with van der Waals surface area (Å²) in [6, 6.07) is 10.3. The highest BCUT2D eigenvalue weighted by Gasteiger charge is 2.31. The minimum Gasteiger partial charge on any atom is -0.508 e. The predicted octanol–water partition coefficient (Wildman–Crippen LogP) is 3.63. The Balaban J connectivity index is 0.00000264. The van der Waals surface area contributed by atoms with Crippen LogP contribution in [0.5, 0.6) is 11.5 Å². The number of aromatic hydroxyl groups is 1. The average Bonchev–Trinajstić information content (AvgIpc) is 2.46. The highest BCUT2D eigenvalue weighted by molar-refractivity contribution is 5.85. The number of nitrogens with two attached hydrogens (primary N) is 1. The summed E-state index contributed by atoms with van der Waals surface area (Å²) in [5.74, 6) is -0.458. The maximum absolute atomic E-state index is 12.1. The van der Waals surface area contributed by atoms with Gasteiger partial charge < -0.3 is 15.6 Å². The second kappa shape index (κ2) is 7.22. The highest BCUT2D eigenvalue weighted by atomic mass is 35.5. The monoisotopic (exact) mass is 344 g/mol. The first-order valence-corrected chi connectivity index (χ1v) is 6.14. The summed E-state index contributed by atoms with van der Waals surface area (Å²) >= 11 is 0. The molecule has 23 heavy (non-hydrogen) atoms. The molecule has 0 amide bonds. The molecule has 0 aromatic heterocycles. The van der Waals surface area contributed by atoms with E-state index in [1.807, 2.05) is 6.07 Å². The number of phenolic OH excluding ortho intramolecular Hbond substituents is 1. The Labute approximate surface area is 136 Å². The first kappa shape index (κ1) is 18.6. The fourth-order valence-corrected chi connectivity index (χ4v) is 1.93. The molecule has 4 nitrogen and oxygen atoms in total. The van der Waals surface area contributed by atoms with Crippen LogP contribution >= 0.6 is 12.4 Å². The number of ether oxygens (including phenoxy) is 1. The molecule has 1 atom stereocenters. The molecule has 3 N–H and O–H groups in total. The predicted molar refractivity (Wildman–Crippen MR) is 79.2 cm³/mol. The molecule has 0 spiro atoms. The number of nitriles is 1. The molecule has 0 saturated heterocycles. The van der Waals surface area contributed by atoms with Gasteiger partial charge in [-0.1, -0.05) is 12.1 Å². The Morgan fingerprint density at radius 3 is 2.26 bits per heavy atom. The molecular weight excluding hydrogens is 333 g/mol. The van der Waals surface area contributed by atoms with Gasteiger partial charge in [-0.2, -0.15) is 5.26 Å². The molecule has 2 aromatic rings. The van der Waals surface area contributed by atoms with Gasteiger partial charge in [0, 0.05) is 5.56 Å². The molecule has 0 radical (unpaired) electrons. The Bertz CT molecular complexity index is 712. The zero-order chi connectivity index (χ0) is 16.3. The van der Waals surface area contributed by atoms with Gasteiger partial charge >= 0.3 is 6.36 Å². The van der Waals surface area contributed by atoms with Crippen LogP contribution in [0, 0.1) is 11.3 Å². The van der Waals surface area contributed by atoms with Crippen LogP contribution in [-0.2, 0) is 0 Å². The van der Waals surface area contributed by atoms with E-state index in [1.165, 1.54) is 30.3 Å². The number of nitrogens with zero attached hydrogens (tertiary/aromatic N) is 1. The van der Waals surface area contributed by atoms with Crippen molar-refractivity contribution in [3.05, 3.63) is 59.2 Å². The van der Waals surface area contributed by atoms with Gasteiger partial charge in [-0.25, -0.2) is 0 Å². The first-order valence-electron chi connectivity index (χ1n) is 6.14. The van der Waals surface area contributed by atoms with Crippen molar-refractivity contribution >= 4 is 12.4 Å². The molecular formula is C15H12ClF3N2O2. The van der Waals surface area contributed by atoms with E-state index < -0.39 is 12.4 Å². The summed E-state index contributed by atoms with van der Waals surface area (Å²) in [6.07, 6.45) is -4.76. The minimum absolute atomic E-state index is 0. The zero-order valence-corrected chi connectivity index (χ0v) is 12.4. The Kier molecular flexibility index (Phi) is 5.85. The molecule has 2 rings (SSSR count). The van der Waals surface area contributed by atoms with Crippen LogP contribution in [0.2, 0.25) is 0 Å². The summed E-state index contributed by atoms with van der Waals surface area (Å²) in [7, 11) is 0. The van der Waals surface area contributed by atoms with Gasteiger partial charge in [-0.3, -0.25) is 0 Å². The van der Waals surface area contributed by atoms with E-state index in [1.54, 1.807) is 0 Å². The fourth-order valence-electron chi connectivity index (χ4n) is 1.93. The molecule has 0 bridgehead atoms. The summed E-state index contributed by atoms with van der Waals surface area (Å²) in [4.78, 5) is 0. The lowest BCUT2D eigenvalue weighted by atomic mass is 9.97. The number of benzene rings is 2. The van der Waals surface area contributed by atoms with Crippen molar-refractivity contribution in [2.45, 2.75) is 12.4 Å². The molecule has 0 unspecified atom stereocenters. The number of hydrogen-bond acceptors (Lipinski definition) is 4. The molecule has 8 heteroatoms. The van der Waals surface area contributed by atoms with Crippen LogP contribution in [-0.4, -0.2) is 11.5 Å². The summed E-state index contributed by atoms with van der Waals surface area (Å²) in [5.41, 5.74) is 7.09. The fraction of sp³-hybridized carbons (Fsp3) is 0.133. The lowest BCUT2D eigenvalue weighted by molar-refractivity contribution is -0.274. The third kappa shape index (κ3) is 4.77. The maximum atomic E-state index is 12.1. The summed E-state index contributed by atoms with van der Waals surface area (Å²) < 4.78 is 40.0. The van der Waals surface area contributed by atoms with E-state index in [0.717, 1.165) is 12.1 Å². The van der Waals surface area contributed by atoms with Crippen LogP contribution in [0.1, 0.15) is 22.7 Å². The number of rotatable bonds is 3. The van der Waals surface area contributed by atoms with Crippen molar-refractivity contribution in [3.63, 3.8) is 0 Å². The Morgan fingerprint density at radius 2 is 1.74 bits per heavy atom. The quantitative estimate of drug-likeness (QED) is 0.891. The van der Waals surface area contributed by atoms with Gasteiger partial charge in [0.25, 0.3) is 0 Å². The smallest absolute Gasteiger partial charge is 0.508 e. The van der Waals surface area contributed by atoms with E-state index in [4.69, 9.17) is 11.0 Å². The number of halogens is 4. The van der Waals surface area contributed by atoms with E-state index in [2.05, 4.69) is 4.74 Å². The van der Waals surface area contributed by atoms with Gasteiger partial charge in [0.15, 0.2) is 0 Å². The zero-order valence-electron chi connectivity index (χ0n) is 11.5. The van der Waals surface area contributed by atoms with Crippen molar-refractivity contribution in [2.75, 3.05) is 0 Å². The topological polar surface area (TPSA) is 79.3 Å². The Hall–Kier alpha value is -2.43. The van der Waals surface area contributed by atoms with Crippen LogP contribution < -0.4 is 10.5 Å². The van der Waals surface area contributed by atoms with Crippen LogP contribution in [0.3, 0.4) is 0 Å². The first-order chi connectivity index (χ1) is 10.3. The minimum atomic E-state index is -4.76. The third-order valence-corrected chi connectivity index (χ3v) is 2.96. The molecule has 0 heterocycles. The van der Waals surface area contributed by atoms with E-state index in [9.17, 15) is 18.3 Å². The van der Waals surface area contributed by atoms with Crippen molar-refractivity contribution in [1.29, 1.82) is 5.26 Å². The van der Waals surface area contributed by atoms with Crippen molar-refractivity contribution in [2.24, 2.45) is 5.73 Å². The number of phenols is 1. The molecule has 0 aliphatic heterocycles. The highest BCUT2D eigenvalue weighted by Crippen LogP contribution is 2.30. The molecule has 0 fully saturated rings. The van der Waals surface area contributed by atoms with Crippen molar-refractivity contribution in [1.82, 2.24) is 0 Å². The molecule has 2 aromatic carbocycles. The van der Waals surface area contributed by atoms with Crippen LogP contribution in [0.25, 0.3) is 0 Å². The lowest BCUT2D eigenvalue weighted by Gasteiger charge is -2.15. The SMILES string of the molecule is Cl.N#Cc1ccc(O)c([C@@H](N)c2ccc(OC(F)(F)F)cc2)c1. The maximum Gasteiger partial charge on any atom is 0.573 e. The van der Waals surface area contributed by atoms with Gasteiger partial charge in [0.2, 0.25) is 0 Å². The second-order valence-electron chi connectivity index (χ2n) is 4.48. The third-order valence-electron chi connectivity index (χ3n) is 2.96. The largest absolute Gasteiger partial charge is 0.573 e. The molecule has 0 aliphatic carbocycles.